The zero-order valence-corrected chi connectivity index (χ0v) is 12.0. The standard InChI is InChI=1S/C12H16ClNO4S/c1-2-7-19(17,18)14-11(8-12(15)16)9-3-5-10(13)6-4-9/h3-6,11,14H,2,7-8H2,1H3,(H,15,16). The second kappa shape index (κ2) is 6.88. The van der Waals surface area contributed by atoms with E-state index in [9.17, 15) is 13.2 Å². The number of sulfonamides is 1. The summed E-state index contributed by atoms with van der Waals surface area (Å²) >= 11 is 5.75. The molecule has 1 aromatic carbocycles. The Morgan fingerprint density at radius 2 is 1.95 bits per heavy atom. The summed E-state index contributed by atoms with van der Waals surface area (Å²) in [6, 6.07) is 5.64. The number of nitrogens with one attached hydrogen (secondary N) is 1. The van der Waals surface area contributed by atoms with Crippen LogP contribution in [0, 0.1) is 0 Å². The molecule has 2 N–H and O–H groups in total. The molecular formula is C12H16ClNO4S. The number of hydrogen-bond donors (Lipinski definition) is 2. The fourth-order valence-corrected chi connectivity index (χ4v) is 3.08. The Kier molecular flexibility index (Phi) is 5.78. The van der Waals surface area contributed by atoms with Crippen molar-refractivity contribution in [3.8, 4) is 0 Å². The maximum Gasteiger partial charge on any atom is 0.305 e. The smallest absolute Gasteiger partial charge is 0.305 e. The van der Waals surface area contributed by atoms with Gasteiger partial charge in [0.1, 0.15) is 0 Å². The van der Waals surface area contributed by atoms with E-state index in [2.05, 4.69) is 4.72 Å². The van der Waals surface area contributed by atoms with Crippen molar-refractivity contribution < 1.29 is 18.3 Å². The zero-order valence-electron chi connectivity index (χ0n) is 10.5. The van der Waals surface area contributed by atoms with Crippen molar-refractivity contribution in [2.45, 2.75) is 25.8 Å². The van der Waals surface area contributed by atoms with Crippen LogP contribution in [0.3, 0.4) is 0 Å². The first kappa shape index (κ1) is 15.9. The first-order valence-corrected chi connectivity index (χ1v) is 7.84. The van der Waals surface area contributed by atoms with Gasteiger partial charge >= 0.3 is 5.97 Å². The number of halogens is 1. The molecule has 0 fully saturated rings. The van der Waals surface area contributed by atoms with Crippen molar-refractivity contribution in [2.24, 2.45) is 0 Å². The van der Waals surface area contributed by atoms with E-state index in [1.807, 2.05) is 0 Å². The lowest BCUT2D eigenvalue weighted by Crippen LogP contribution is -2.32. The van der Waals surface area contributed by atoms with Gasteiger partial charge in [-0.1, -0.05) is 30.7 Å². The molecule has 5 nitrogen and oxygen atoms in total. The molecule has 0 aromatic heterocycles. The van der Waals surface area contributed by atoms with Crippen molar-refractivity contribution in [1.29, 1.82) is 0 Å². The van der Waals surface area contributed by atoms with Crippen LogP contribution in [0.15, 0.2) is 24.3 Å². The molecule has 1 aromatic rings. The number of carboxylic acid groups (broad SMARTS) is 1. The van der Waals surface area contributed by atoms with Crippen molar-refractivity contribution >= 4 is 27.6 Å². The molecule has 7 heteroatoms. The molecule has 19 heavy (non-hydrogen) atoms. The summed E-state index contributed by atoms with van der Waals surface area (Å²) < 4.78 is 25.9. The lowest BCUT2D eigenvalue weighted by atomic mass is 10.1. The summed E-state index contributed by atoms with van der Waals surface area (Å²) in [6.07, 6.45) is 0.153. The highest BCUT2D eigenvalue weighted by atomic mass is 35.5. The van der Waals surface area contributed by atoms with E-state index >= 15 is 0 Å². The number of aliphatic carboxylic acids is 1. The van der Waals surface area contributed by atoms with Crippen LogP contribution in [-0.2, 0) is 14.8 Å². The average molecular weight is 306 g/mol. The normalized spacial score (nSPS) is 13.2. The van der Waals surface area contributed by atoms with Gasteiger partial charge in [-0.2, -0.15) is 0 Å². The highest BCUT2D eigenvalue weighted by Gasteiger charge is 2.21. The van der Waals surface area contributed by atoms with E-state index in [0.717, 1.165) is 0 Å². The molecule has 0 aliphatic heterocycles. The molecule has 0 amide bonds. The molecule has 0 saturated heterocycles. The van der Waals surface area contributed by atoms with Crippen LogP contribution >= 0.6 is 11.6 Å². The molecule has 1 rings (SSSR count). The summed E-state index contributed by atoms with van der Waals surface area (Å²) in [5.74, 6) is -1.10. The minimum Gasteiger partial charge on any atom is -0.481 e. The number of carbonyl (C=O) groups is 1. The Hall–Kier alpha value is -1.11. The minimum absolute atomic E-state index is 0.0310. The predicted octanol–water partition coefficient (Wildman–Crippen LogP) is 2.19. The highest BCUT2D eigenvalue weighted by Crippen LogP contribution is 2.20. The van der Waals surface area contributed by atoms with Crippen molar-refractivity contribution in [3.63, 3.8) is 0 Å². The monoisotopic (exact) mass is 305 g/mol. The second-order valence-corrected chi connectivity index (χ2v) is 6.45. The van der Waals surface area contributed by atoms with Crippen LogP contribution in [0.1, 0.15) is 31.4 Å². The number of benzene rings is 1. The molecular weight excluding hydrogens is 290 g/mol. The van der Waals surface area contributed by atoms with E-state index in [0.29, 0.717) is 17.0 Å². The molecule has 0 bridgehead atoms. The van der Waals surface area contributed by atoms with Crippen LogP contribution in [0.2, 0.25) is 5.02 Å². The maximum atomic E-state index is 11.7. The molecule has 106 valence electrons. The van der Waals surface area contributed by atoms with E-state index in [1.165, 1.54) is 0 Å². The second-order valence-electron chi connectivity index (χ2n) is 4.14. The van der Waals surface area contributed by atoms with Gasteiger partial charge in [-0.15, -0.1) is 0 Å². The zero-order chi connectivity index (χ0) is 14.5. The molecule has 1 unspecified atom stereocenters. The van der Waals surface area contributed by atoms with Crippen molar-refractivity contribution in [3.05, 3.63) is 34.9 Å². The van der Waals surface area contributed by atoms with E-state index in [4.69, 9.17) is 16.7 Å². The molecule has 0 aliphatic rings. The number of carboxylic acids is 1. The maximum absolute atomic E-state index is 11.7. The van der Waals surface area contributed by atoms with Gasteiger partial charge in [-0.05, 0) is 24.1 Å². The lowest BCUT2D eigenvalue weighted by molar-refractivity contribution is -0.137. The Balaban J connectivity index is 2.95. The van der Waals surface area contributed by atoms with Gasteiger partial charge in [-0.3, -0.25) is 4.79 Å². The lowest BCUT2D eigenvalue weighted by Gasteiger charge is -2.17. The third-order valence-corrected chi connectivity index (χ3v) is 4.29. The summed E-state index contributed by atoms with van der Waals surface area (Å²) in [7, 11) is -3.48. The molecule has 0 saturated carbocycles. The average Bonchev–Trinajstić information content (AvgIpc) is 2.27. The van der Waals surface area contributed by atoms with Gasteiger partial charge in [0, 0.05) is 5.02 Å². The quantitative estimate of drug-likeness (QED) is 0.809. The van der Waals surface area contributed by atoms with Gasteiger partial charge in [0.25, 0.3) is 0 Å². The van der Waals surface area contributed by atoms with E-state index in [-0.39, 0.29) is 12.2 Å². The molecule has 0 heterocycles. The summed E-state index contributed by atoms with van der Waals surface area (Å²) in [4.78, 5) is 10.8. The first-order chi connectivity index (χ1) is 8.84. The Morgan fingerprint density at radius 3 is 2.42 bits per heavy atom. The molecule has 0 aliphatic carbocycles. The Morgan fingerprint density at radius 1 is 1.37 bits per heavy atom. The van der Waals surface area contributed by atoms with Crippen LogP contribution < -0.4 is 4.72 Å². The Labute approximate surface area is 117 Å². The van der Waals surface area contributed by atoms with Gasteiger partial charge in [0.15, 0.2) is 0 Å². The van der Waals surface area contributed by atoms with Gasteiger partial charge < -0.3 is 5.11 Å². The summed E-state index contributed by atoms with van der Waals surface area (Å²) in [5.41, 5.74) is 0.575. The van der Waals surface area contributed by atoms with Crippen molar-refractivity contribution in [2.75, 3.05) is 5.75 Å². The summed E-state index contributed by atoms with van der Waals surface area (Å²) in [6.45, 7) is 1.74. The van der Waals surface area contributed by atoms with Gasteiger partial charge in [0.2, 0.25) is 10.0 Å². The van der Waals surface area contributed by atoms with Gasteiger partial charge in [-0.25, -0.2) is 13.1 Å². The largest absolute Gasteiger partial charge is 0.481 e. The van der Waals surface area contributed by atoms with Crippen LogP contribution in [0.25, 0.3) is 0 Å². The van der Waals surface area contributed by atoms with Crippen LogP contribution in [-0.4, -0.2) is 25.2 Å². The summed E-state index contributed by atoms with van der Waals surface area (Å²) in [5, 5.41) is 9.37. The fourth-order valence-electron chi connectivity index (χ4n) is 1.64. The third-order valence-electron chi connectivity index (χ3n) is 2.45. The fraction of sp³-hybridized carbons (Fsp3) is 0.417. The van der Waals surface area contributed by atoms with Gasteiger partial charge in [0.05, 0.1) is 18.2 Å². The first-order valence-electron chi connectivity index (χ1n) is 5.81. The SMILES string of the molecule is CCCS(=O)(=O)NC(CC(=O)O)c1ccc(Cl)cc1. The number of rotatable bonds is 7. The molecule has 0 spiro atoms. The van der Waals surface area contributed by atoms with Crippen LogP contribution in [0.5, 0.6) is 0 Å². The van der Waals surface area contributed by atoms with Crippen molar-refractivity contribution in [1.82, 2.24) is 4.72 Å². The molecule has 1 atom stereocenters. The predicted molar refractivity (Wildman–Crippen MR) is 73.7 cm³/mol. The minimum atomic E-state index is -3.48. The van der Waals surface area contributed by atoms with E-state index in [1.54, 1.807) is 31.2 Å². The third kappa shape index (κ3) is 5.59. The van der Waals surface area contributed by atoms with E-state index < -0.39 is 22.0 Å². The molecule has 0 radical (unpaired) electrons. The highest BCUT2D eigenvalue weighted by molar-refractivity contribution is 7.89. The number of hydrogen-bond acceptors (Lipinski definition) is 3. The Bertz CT molecular complexity index is 527. The topological polar surface area (TPSA) is 83.5 Å². The van der Waals surface area contributed by atoms with Crippen LogP contribution in [0.4, 0.5) is 0 Å².